The van der Waals surface area contributed by atoms with Gasteiger partial charge in [-0.3, -0.25) is 9.48 Å². The number of carbonyl (C=O) groups is 1. The number of rotatable bonds is 4. The zero-order chi connectivity index (χ0) is 18.8. The first-order valence-corrected chi connectivity index (χ1v) is 9.76. The van der Waals surface area contributed by atoms with Gasteiger partial charge in [-0.05, 0) is 31.9 Å². The Balaban J connectivity index is 1.37. The van der Waals surface area contributed by atoms with Gasteiger partial charge < -0.3 is 14.4 Å². The van der Waals surface area contributed by atoms with Gasteiger partial charge in [0.1, 0.15) is 5.75 Å². The van der Waals surface area contributed by atoms with Gasteiger partial charge in [-0.15, -0.1) is 0 Å². The van der Waals surface area contributed by atoms with Crippen LogP contribution in [0.4, 0.5) is 0 Å². The SMILES string of the molecule is CC(Oc1ccccc1)C(=O)N1CCC(c2nn(C)c3c2COCC3)CC1. The zero-order valence-electron chi connectivity index (χ0n) is 16.1. The normalized spacial score (nSPS) is 18.8. The highest BCUT2D eigenvalue weighted by molar-refractivity contribution is 5.81. The zero-order valence-corrected chi connectivity index (χ0v) is 16.1. The molecule has 0 spiro atoms. The van der Waals surface area contributed by atoms with Crippen LogP contribution in [0.2, 0.25) is 0 Å². The first-order valence-electron chi connectivity index (χ1n) is 9.76. The maximum absolute atomic E-state index is 12.7. The highest BCUT2D eigenvalue weighted by atomic mass is 16.5. The fourth-order valence-electron chi connectivity index (χ4n) is 4.15. The van der Waals surface area contributed by atoms with Gasteiger partial charge in [-0.2, -0.15) is 5.10 Å². The summed E-state index contributed by atoms with van der Waals surface area (Å²) < 4.78 is 13.5. The largest absolute Gasteiger partial charge is 0.481 e. The number of ether oxygens (including phenoxy) is 2. The molecule has 6 heteroatoms. The van der Waals surface area contributed by atoms with Crippen molar-refractivity contribution < 1.29 is 14.3 Å². The average molecular weight is 369 g/mol. The summed E-state index contributed by atoms with van der Waals surface area (Å²) in [6.07, 6.45) is 2.34. The van der Waals surface area contributed by atoms with E-state index >= 15 is 0 Å². The molecule has 1 atom stereocenters. The summed E-state index contributed by atoms with van der Waals surface area (Å²) in [5.74, 6) is 1.19. The van der Waals surface area contributed by atoms with E-state index in [1.165, 1.54) is 17.0 Å². The van der Waals surface area contributed by atoms with Crippen molar-refractivity contribution in [1.82, 2.24) is 14.7 Å². The van der Waals surface area contributed by atoms with Crippen LogP contribution in [0.3, 0.4) is 0 Å². The predicted molar refractivity (Wildman–Crippen MR) is 102 cm³/mol. The molecule has 144 valence electrons. The molecule has 4 rings (SSSR count). The molecule has 27 heavy (non-hydrogen) atoms. The third-order valence-electron chi connectivity index (χ3n) is 5.63. The summed E-state index contributed by atoms with van der Waals surface area (Å²) in [5.41, 5.74) is 3.75. The van der Waals surface area contributed by atoms with Gasteiger partial charge in [0.2, 0.25) is 0 Å². The van der Waals surface area contributed by atoms with Crippen LogP contribution in [0.15, 0.2) is 30.3 Å². The number of aromatic nitrogens is 2. The number of hydrogen-bond donors (Lipinski definition) is 0. The van der Waals surface area contributed by atoms with Crippen LogP contribution in [0, 0.1) is 0 Å². The molecule has 1 saturated heterocycles. The first kappa shape index (κ1) is 18.0. The van der Waals surface area contributed by atoms with Gasteiger partial charge in [-0.25, -0.2) is 0 Å². The highest BCUT2D eigenvalue weighted by Gasteiger charge is 2.31. The maximum atomic E-state index is 12.7. The second-order valence-corrected chi connectivity index (χ2v) is 7.41. The summed E-state index contributed by atoms with van der Waals surface area (Å²) in [6.45, 7) is 4.77. The van der Waals surface area contributed by atoms with E-state index in [4.69, 9.17) is 14.6 Å². The number of benzene rings is 1. The second-order valence-electron chi connectivity index (χ2n) is 7.41. The Kier molecular flexibility index (Phi) is 5.16. The lowest BCUT2D eigenvalue weighted by Gasteiger charge is -2.33. The van der Waals surface area contributed by atoms with Gasteiger partial charge >= 0.3 is 0 Å². The summed E-state index contributed by atoms with van der Waals surface area (Å²) in [6, 6.07) is 9.51. The molecule has 2 aliphatic rings. The Labute approximate surface area is 160 Å². The third kappa shape index (κ3) is 3.72. The smallest absolute Gasteiger partial charge is 0.263 e. The molecule has 1 aromatic heterocycles. The molecule has 0 bridgehead atoms. The molecule has 2 aliphatic heterocycles. The molecule has 1 unspecified atom stereocenters. The molecule has 3 heterocycles. The maximum Gasteiger partial charge on any atom is 0.263 e. The van der Waals surface area contributed by atoms with Crippen molar-refractivity contribution >= 4 is 5.91 Å². The molecule has 0 N–H and O–H groups in total. The lowest BCUT2D eigenvalue weighted by molar-refractivity contribution is -0.139. The minimum Gasteiger partial charge on any atom is -0.481 e. The summed E-state index contributed by atoms with van der Waals surface area (Å²) in [5, 5.41) is 4.79. The topological polar surface area (TPSA) is 56.6 Å². The number of likely N-dealkylation sites (tertiary alicyclic amines) is 1. The number of fused-ring (bicyclic) bond motifs is 1. The van der Waals surface area contributed by atoms with Gasteiger partial charge in [0.05, 0.1) is 18.9 Å². The van der Waals surface area contributed by atoms with E-state index in [0.29, 0.717) is 12.5 Å². The predicted octanol–water partition coefficient (Wildman–Crippen LogP) is 2.67. The Morgan fingerprint density at radius 1 is 1.26 bits per heavy atom. The quantitative estimate of drug-likeness (QED) is 0.831. The fraction of sp³-hybridized carbons (Fsp3) is 0.524. The number of hydrogen-bond acceptors (Lipinski definition) is 4. The van der Waals surface area contributed by atoms with Crippen molar-refractivity contribution in [2.75, 3.05) is 19.7 Å². The summed E-state index contributed by atoms with van der Waals surface area (Å²) in [4.78, 5) is 14.7. The van der Waals surface area contributed by atoms with Crippen LogP contribution < -0.4 is 4.74 Å². The van der Waals surface area contributed by atoms with Crippen LogP contribution in [0.1, 0.15) is 42.6 Å². The van der Waals surface area contributed by atoms with Crippen LogP contribution in [0.5, 0.6) is 5.75 Å². The first-order chi connectivity index (χ1) is 13.1. The van der Waals surface area contributed by atoms with Gasteiger partial charge in [0, 0.05) is 43.7 Å². The van der Waals surface area contributed by atoms with Gasteiger partial charge in [-0.1, -0.05) is 18.2 Å². The molecule has 0 saturated carbocycles. The van der Waals surface area contributed by atoms with Crippen LogP contribution in [-0.4, -0.2) is 46.4 Å². The average Bonchev–Trinajstić information content (AvgIpc) is 3.05. The Morgan fingerprint density at radius 3 is 2.74 bits per heavy atom. The number of piperidine rings is 1. The van der Waals surface area contributed by atoms with E-state index in [1.54, 1.807) is 0 Å². The van der Waals surface area contributed by atoms with Crippen LogP contribution >= 0.6 is 0 Å². The Bertz CT molecular complexity index is 795. The molecule has 1 aromatic carbocycles. The number of carbonyl (C=O) groups excluding carboxylic acids is 1. The number of nitrogens with zero attached hydrogens (tertiary/aromatic N) is 3. The molecule has 6 nitrogen and oxygen atoms in total. The number of amides is 1. The molecule has 0 aliphatic carbocycles. The molecule has 1 amide bonds. The third-order valence-corrected chi connectivity index (χ3v) is 5.63. The van der Waals surface area contributed by atoms with Crippen molar-refractivity contribution in [3.8, 4) is 5.75 Å². The lowest BCUT2D eigenvalue weighted by Crippen LogP contribution is -2.44. The number of para-hydroxylation sites is 1. The molecular weight excluding hydrogens is 342 g/mol. The van der Waals surface area contributed by atoms with Crippen molar-refractivity contribution in [2.45, 2.75) is 44.8 Å². The van der Waals surface area contributed by atoms with Crippen molar-refractivity contribution in [1.29, 1.82) is 0 Å². The van der Waals surface area contributed by atoms with Crippen molar-refractivity contribution in [3.63, 3.8) is 0 Å². The monoisotopic (exact) mass is 369 g/mol. The van der Waals surface area contributed by atoms with Crippen molar-refractivity contribution in [3.05, 3.63) is 47.3 Å². The summed E-state index contributed by atoms with van der Waals surface area (Å²) >= 11 is 0. The Morgan fingerprint density at radius 2 is 2.00 bits per heavy atom. The summed E-state index contributed by atoms with van der Waals surface area (Å²) in [7, 11) is 2.02. The molecular formula is C21H27N3O3. The van der Waals surface area contributed by atoms with E-state index in [2.05, 4.69) is 0 Å². The minimum absolute atomic E-state index is 0.0590. The van der Waals surface area contributed by atoms with E-state index < -0.39 is 6.10 Å². The van der Waals surface area contributed by atoms with Crippen LogP contribution in [0.25, 0.3) is 0 Å². The van der Waals surface area contributed by atoms with Gasteiger partial charge in [0.15, 0.2) is 6.10 Å². The molecule has 0 radical (unpaired) electrons. The molecule has 1 fully saturated rings. The minimum atomic E-state index is -0.472. The number of aryl methyl sites for hydroxylation is 1. The Hall–Kier alpha value is -2.34. The van der Waals surface area contributed by atoms with Gasteiger partial charge in [0.25, 0.3) is 5.91 Å². The fourth-order valence-corrected chi connectivity index (χ4v) is 4.15. The van der Waals surface area contributed by atoms with E-state index in [1.807, 2.05) is 53.9 Å². The lowest BCUT2D eigenvalue weighted by atomic mass is 9.90. The molecule has 2 aromatic rings. The van der Waals surface area contributed by atoms with E-state index in [0.717, 1.165) is 44.7 Å². The van der Waals surface area contributed by atoms with Crippen LogP contribution in [-0.2, 0) is 29.6 Å². The van der Waals surface area contributed by atoms with Crippen molar-refractivity contribution in [2.24, 2.45) is 7.05 Å². The standard InChI is InChI=1S/C21H27N3O3/c1-15(27-17-6-4-3-5-7-17)21(25)24-11-8-16(9-12-24)20-18-14-26-13-10-19(18)23(2)22-20/h3-7,15-16H,8-14H2,1-2H3. The highest BCUT2D eigenvalue weighted by Crippen LogP contribution is 2.33. The van der Waals surface area contributed by atoms with E-state index in [9.17, 15) is 4.79 Å². The van der Waals surface area contributed by atoms with E-state index in [-0.39, 0.29) is 5.91 Å². The second kappa shape index (κ2) is 7.72.